The SMILES string of the molecule is Br.Br.CCCCCCCCC[CH2][Al]. The van der Waals surface area contributed by atoms with E-state index in [0.717, 1.165) is 0 Å². The van der Waals surface area contributed by atoms with Crippen LogP contribution in [0.5, 0.6) is 0 Å². The molecule has 0 amide bonds. The average molecular weight is 330 g/mol. The number of unbranched alkanes of at least 4 members (excludes halogenated alkanes) is 7. The summed E-state index contributed by atoms with van der Waals surface area (Å²) in [6.07, 6.45) is 11.5. The maximum Gasteiger partial charge on any atom is 0.118 e. The molecule has 2 radical (unpaired) electrons. The normalized spacial score (nSPS) is 8.69. The van der Waals surface area contributed by atoms with Crippen LogP contribution in [0.25, 0.3) is 0 Å². The summed E-state index contributed by atoms with van der Waals surface area (Å²) in [4.78, 5) is 0. The van der Waals surface area contributed by atoms with Crippen LogP contribution in [0.4, 0.5) is 0 Å². The third kappa shape index (κ3) is 19.8. The first-order chi connectivity index (χ1) is 5.41. The molecule has 0 saturated carbocycles. The molecule has 0 aliphatic carbocycles. The van der Waals surface area contributed by atoms with Gasteiger partial charge in [0.25, 0.3) is 0 Å². The second-order valence-corrected chi connectivity index (χ2v) is 3.84. The highest BCUT2D eigenvalue weighted by Crippen LogP contribution is 2.08. The van der Waals surface area contributed by atoms with Gasteiger partial charge in [-0.2, -0.15) is 0 Å². The van der Waals surface area contributed by atoms with Crippen LogP contribution >= 0.6 is 34.0 Å². The lowest BCUT2D eigenvalue weighted by atomic mass is 10.1. The summed E-state index contributed by atoms with van der Waals surface area (Å²) < 4.78 is 0. The van der Waals surface area contributed by atoms with E-state index < -0.39 is 0 Å². The van der Waals surface area contributed by atoms with Gasteiger partial charge in [-0.05, 0) is 0 Å². The average Bonchev–Trinajstić information content (AvgIpc) is 2.03. The Morgan fingerprint density at radius 3 is 1.46 bits per heavy atom. The highest BCUT2D eigenvalue weighted by atomic mass is 79.9. The molecule has 0 aliphatic heterocycles. The molecule has 0 aromatic carbocycles. The molecule has 80 valence electrons. The predicted molar refractivity (Wildman–Crippen MR) is 73.8 cm³/mol. The minimum absolute atomic E-state index is 0. The van der Waals surface area contributed by atoms with Crippen LogP contribution in [0.2, 0.25) is 5.28 Å². The molecule has 0 saturated heterocycles. The minimum Gasteiger partial charge on any atom is -0.118 e. The van der Waals surface area contributed by atoms with Crippen molar-refractivity contribution in [3.05, 3.63) is 0 Å². The fourth-order valence-corrected chi connectivity index (χ4v) is 1.57. The Kier molecular flexibility index (Phi) is 29.4. The van der Waals surface area contributed by atoms with Gasteiger partial charge >= 0.3 is 0 Å². The monoisotopic (exact) mass is 328 g/mol. The molecule has 0 nitrogen and oxygen atoms in total. The van der Waals surface area contributed by atoms with Crippen molar-refractivity contribution in [1.82, 2.24) is 0 Å². The van der Waals surface area contributed by atoms with Crippen LogP contribution in [-0.4, -0.2) is 16.3 Å². The highest BCUT2D eigenvalue weighted by Gasteiger charge is 1.88. The van der Waals surface area contributed by atoms with Crippen LogP contribution < -0.4 is 0 Å². The van der Waals surface area contributed by atoms with Gasteiger partial charge in [-0.1, -0.05) is 58.3 Å². The van der Waals surface area contributed by atoms with Gasteiger partial charge in [-0.15, -0.1) is 39.2 Å². The molecule has 0 aromatic heterocycles. The number of hydrogen-bond donors (Lipinski definition) is 0. The van der Waals surface area contributed by atoms with E-state index in [1.54, 1.807) is 0 Å². The van der Waals surface area contributed by atoms with Crippen LogP contribution in [0.15, 0.2) is 0 Å². The molecule has 0 aliphatic rings. The van der Waals surface area contributed by atoms with Crippen molar-refractivity contribution in [2.24, 2.45) is 0 Å². The van der Waals surface area contributed by atoms with Crippen molar-refractivity contribution < 1.29 is 0 Å². The summed E-state index contributed by atoms with van der Waals surface area (Å²) in [7, 11) is 0. The Bertz CT molecular complexity index is 61.9. The number of hydrogen-bond acceptors (Lipinski definition) is 0. The smallest absolute Gasteiger partial charge is 0.118 e. The molecule has 0 fully saturated rings. The Balaban J connectivity index is -0.000000500. The first kappa shape index (κ1) is 20.0. The number of rotatable bonds is 8. The summed E-state index contributed by atoms with van der Waals surface area (Å²) in [5, 5.41) is 1.29. The molecule has 0 atom stereocenters. The Hall–Kier alpha value is 1.49. The van der Waals surface area contributed by atoms with Gasteiger partial charge < -0.3 is 0 Å². The fraction of sp³-hybridized carbons (Fsp3) is 1.00. The zero-order chi connectivity index (χ0) is 8.36. The molecular weight excluding hydrogens is 307 g/mol. The van der Waals surface area contributed by atoms with Gasteiger partial charge in [0, 0.05) is 0 Å². The molecule has 3 heteroatoms. The van der Waals surface area contributed by atoms with Crippen LogP contribution in [0.3, 0.4) is 0 Å². The molecule has 0 heterocycles. The van der Waals surface area contributed by atoms with E-state index in [1.807, 2.05) is 0 Å². The van der Waals surface area contributed by atoms with Gasteiger partial charge in [0.1, 0.15) is 16.3 Å². The van der Waals surface area contributed by atoms with Crippen LogP contribution in [0.1, 0.15) is 58.3 Å². The second kappa shape index (κ2) is 19.1. The summed E-state index contributed by atoms with van der Waals surface area (Å²) in [5.74, 6) is 0. The van der Waals surface area contributed by atoms with E-state index in [1.165, 1.54) is 56.6 Å². The van der Waals surface area contributed by atoms with Crippen molar-refractivity contribution in [2.45, 2.75) is 63.6 Å². The molecule has 13 heavy (non-hydrogen) atoms. The molecule has 0 spiro atoms. The molecule has 0 rings (SSSR count). The summed E-state index contributed by atoms with van der Waals surface area (Å²) >= 11 is 2.79. The largest absolute Gasteiger partial charge is 0.118 e. The van der Waals surface area contributed by atoms with E-state index in [0.29, 0.717) is 0 Å². The molecule has 0 N–H and O–H groups in total. The van der Waals surface area contributed by atoms with E-state index in [2.05, 4.69) is 23.2 Å². The molecular formula is C10H23AlBr2. The lowest BCUT2D eigenvalue weighted by molar-refractivity contribution is 0.585. The summed E-state index contributed by atoms with van der Waals surface area (Å²) in [5.41, 5.74) is 0. The first-order valence-corrected chi connectivity index (χ1v) is 5.93. The van der Waals surface area contributed by atoms with Gasteiger partial charge in [-0.3, -0.25) is 0 Å². The Labute approximate surface area is 113 Å². The lowest BCUT2D eigenvalue weighted by Crippen LogP contribution is -1.79. The summed E-state index contributed by atoms with van der Waals surface area (Å²) in [6.45, 7) is 2.27. The number of halogens is 2. The van der Waals surface area contributed by atoms with E-state index >= 15 is 0 Å². The van der Waals surface area contributed by atoms with Crippen molar-refractivity contribution in [1.29, 1.82) is 0 Å². The van der Waals surface area contributed by atoms with Crippen molar-refractivity contribution in [3.8, 4) is 0 Å². The van der Waals surface area contributed by atoms with Gasteiger partial charge in [0.15, 0.2) is 0 Å². The van der Waals surface area contributed by atoms with Crippen molar-refractivity contribution in [3.63, 3.8) is 0 Å². The van der Waals surface area contributed by atoms with E-state index in [-0.39, 0.29) is 34.0 Å². The Morgan fingerprint density at radius 1 is 0.692 bits per heavy atom. The third-order valence-corrected chi connectivity index (χ3v) is 2.47. The summed E-state index contributed by atoms with van der Waals surface area (Å²) in [6, 6.07) is 0. The Morgan fingerprint density at radius 2 is 1.08 bits per heavy atom. The van der Waals surface area contributed by atoms with E-state index in [9.17, 15) is 0 Å². The van der Waals surface area contributed by atoms with Gasteiger partial charge in [-0.25, -0.2) is 0 Å². The fourth-order valence-electron chi connectivity index (χ4n) is 1.28. The highest BCUT2D eigenvalue weighted by molar-refractivity contribution is 8.93. The quantitative estimate of drug-likeness (QED) is 0.440. The molecule has 0 aromatic rings. The maximum absolute atomic E-state index is 2.79. The first-order valence-electron chi connectivity index (χ1n) is 5.12. The van der Waals surface area contributed by atoms with Crippen molar-refractivity contribution >= 4 is 50.3 Å². The lowest BCUT2D eigenvalue weighted by Gasteiger charge is -1.99. The van der Waals surface area contributed by atoms with E-state index in [4.69, 9.17) is 0 Å². The van der Waals surface area contributed by atoms with Crippen molar-refractivity contribution in [2.75, 3.05) is 0 Å². The minimum atomic E-state index is 0. The zero-order valence-corrected chi connectivity index (χ0v) is 13.3. The van der Waals surface area contributed by atoms with Crippen LogP contribution in [0, 0.1) is 0 Å². The zero-order valence-electron chi connectivity index (χ0n) is 8.76. The maximum atomic E-state index is 2.79. The topological polar surface area (TPSA) is 0 Å². The predicted octanol–water partition coefficient (Wildman–Crippen LogP) is 4.87. The van der Waals surface area contributed by atoms with Crippen LogP contribution in [-0.2, 0) is 0 Å². The standard InChI is InChI=1S/C10H21.Al.2BrH/c1-3-5-7-9-10-8-6-4-2;;;/h1,3-10H2,2H3;;2*1H. The van der Waals surface area contributed by atoms with Gasteiger partial charge in [0.2, 0.25) is 0 Å². The second-order valence-electron chi connectivity index (χ2n) is 3.26. The third-order valence-electron chi connectivity index (χ3n) is 2.06. The molecule has 0 bridgehead atoms. The van der Waals surface area contributed by atoms with Gasteiger partial charge in [0.05, 0.1) is 0 Å². The molecule has 0 unspecified atom stereocenters.